The molecule has 3 nitrogen and oxygen atoms in total. The zero-order valence-corrected chi connectivity index (χ0v) is 82.3. The van der Waals surface area contributed by atoms with E-state index in [1.165, 1.54) is 230 Å². The van der Waals surface area contributed by atoms with Gasteiger partial charge in [-0.2, -0.15) is 0 Å². The van der Waals surface area contributed by atoms with Crippen molar-refractivity contribution >= 4 is 62.0 Å². The molecule has 15 aliphatic rings. The molecule has 0 aromatic heterocycles. The van der Waals surface area contributed by atoms with Crippen molar-refractivity contribution in [3.05, 3.63) is 500 Å². The number of para-hydroxylation sites is 1. The van der Waals surface area contributed by atoms with Gasteiger partial charge < -0.3 is 14.7 Å². The highest BCUT2D eigenvalue weighted by Crippen LogP contribution is 2.74. The van der Waals surface area contributed by atoms with Crippen molar-refractivity contribution in [3.63, 3.8) is 0 Å². The summed E-state index contributed by atoms with van der Waals surface area (Å²) in [6.07, 6.45) is 21.4. The van der Waals surface area contributed by atoms with Crippen molar-refractivity contribution in [1.29, 1.82) is 0 Å². The number of nitrogens with zero attached hydrogens (tertiary/aromatic N) is 3. The summed E-state index contributed by atoms with van der Waals surface area (Å²) in [4.78, 5) is 7.27. The molecule has 34 rings (SSSR count). The highest BCUT2D eigenvalue weighted by molar-refractivity contribution is 5.94. The van der Waals surface area contributed by atoms with Crippen LogP contribution in [-0.4, -0.2) is 0 Å². The Bertz CT molecular complexity index is 7960. The molecule has 19 aromatic rings. The van der Waals surface area contributed by atoms with E-state index in [2.05, 4.69) is 482 Å². The smallest absolute Gasteiger partial charge is 0.0468 e. The van der Waals surface area contributed by atoms with Crippen molar-refractivity contribution in [2.24, 2.45) is 71.0 Å². The number of rotatable bonds is 15. The van der Waals surface area contributed by atoms with Crippen molar-refractivity contribution < 1.29 is 0 Å². The molecule has 0 heterocycles. The molecule has 0 amide bonds. The first-order valence-electron chi connectivity index (χ1n) is 54.2. The lowest BCUT2D eigenvalue weighted by atomic mass is 9.43. The maximum absolute atomic E-state index is 2.61. The maximum Gasteiger partial charge on any atom is 0.0468 e. The molecule has 0 N–H and O–H groups in total. The lowest BCUT2D eigenvalue weighted by molar-refractivity contribution is -0.0399. The topological polar surface area (TPSA) is 9.72 Å². The summed E-state index contributed by atoms with van der Waals surface area (Å²) in [6, 6.07) is 174. The second-order valence-electron chi connectivity index (χ2n) is 45.0. The summed E-state index contributed by atoms with van der Waals surface area (Å²) < 4.78 is 0. The van der Waals surface area contributed by atoms with Gasteiger partial charge in [0.25, 0.3) is 0 Å². The Balaban J connectivity index is 0.000000103. The normalized spacial score (nSPS) is 24.4. The van der Waals surface area contributed by atoms with E-state index >= 15 is 0 Å². The number of anilines is 9. The van der Waals surface area contributed by atoms with Gasteiger partial charge in [0.1, 0.15) is 0 Å². The van der Waals surface area contributed by atoms with Gasteiger partial charge >= 0.3 is 0 Å². The van der Waals surface area contributed by atoms with E-state index in [0.29, 0.717) is 0 Å². The Kier molecular flexibility index (Phi) is 21.0. The minimum absolute atomic E-state index is 0.138. The SMILES string of the molecule is c1ccc(-c2ccc(N(c3ccc(-c4ccc5c(c4)C4(c6ccccc6-5)C5CC6CC(C5)CC4C6)cc3)c3ccc4ccccc4c3)cc2)cc1.c1ccc(-c2ccc(N(c3ccccc3)c3ccc(-c4ccc5c(c4)C4(c6ccccc6-5)C5CC6CC(C5)CC4C6)cc3)cc2)cc1.c1ccc(-c2cccc(N(c3cccc(-c4ccccc4)c3)c3ccc4c(c3)C3(c5ccccc5-4)C4CC5CC(C4)CC3C5)c2)cc1. The first-order valence-corrected chi connectivity index (χ1v) is 54.2. The lowest BCUT2D eigenvalue weighted by Crippen LogP contribution is -2.55. The molecule has 3 heteroatoms. The van der Waals surface area contributed by atoms with Crippen LogP contribution < -0.4 is 14.7 Å². The number of hydrogen-bond donors (Lipinski definition) is 0. The average molecular weight is 1870 g/mol. The molecule has 145 heavy (non-hydrogen) atoms. The quantitative estimate of drug-likeness (QED) is 0.101. The summed E-state index contributed by atoms with van der Waals surface area (Å²) in [5.74, 6) is 10.3. The van der Waals surface area contributed by atoms with Crippen molar-refractivity contribution in [2.75, 3.05) is 14.7 Å². The minimum Gasteiger partial charge on any atom is -0.311 e. The van der Waals surface area contributed by atoms with Gasteiger partial charge in [-0.05, 0) is 433 Å². The fraction of sp³-hybridized carbons (Fsp3) is 0.211. The van der Waals surface area contributed by atoms with Gasteiger partial charge in [-0.15, -0.1) is 0 Å². The predicted octanol–water partition coefficient (Wildman–Crippen LogP) is 37.8. The van der Waals surface area contributed by atoms with Gasteiger partial charge in [0.05, 0.1) is 0 Å². The molecule has 0 aliphatic heterocycles. The van der Waals surface area contributed by atoms with E-state index in [1.54, 1.807) is 33.4 Å². The molecule has 12 fully saturated rings. The third-order valence-corrected chi connectivity index (χ3v) is 37.7. The molecule has 0 radical (unpaired) electrons. The first-order chi connectivity index (χ1) is 71.7. The standard InChI is InChI=1S/C50H41N.2C46H39N/c1-2-8-35(9-3-1)37-14-20-43(21-15-37)51(45-24-18-36-10-4-5-11-39(36)31-45)44-22-16-38(17-23-44)40-19-25-47-46-12-6-7-13-48(46)50(49(47)32-40)41-27-33-26-34(29-41)30-42(50)28-33;1-3-11-33(12-4-1)35-15-9-17-39(28-35)47(40-18-10-16-36(29-40)34-13-5-2-6-14-34)41-21-22-43-42-19-7-8-20-44(42)46(45(43)30-41)37-24-31-23-32(26-37)27-38(46)25-31;1-3-9-33(10-4-1)34-15-20-40(21-16-34)47(39-11-5-2-6-12-39)41-22-17-35(18-23-41)36-19-24-43-42-13-7-8-14-44(42)46(45(43)30-36)37-26-31-25-32(28-37)29-38(46)27-31/h1-25,31-34,41-42H,26-30H2;1-22,28-32,37-38H,23-27H2;1-24,30-32,37-38H,25-29H2. The van der Waals surface area contributed by atoms with Crippen molar-refractivity contribution in [1.82, 2.24) is 0 Å². The third-order valence-electron chi connectivity index (χ3n) is 37.7. The van der Waals surface area contributed by atoms with Crippen LogP contribution in [0, 0.1) is 71.0 Å². The van der Waals surface area contributed by atoms with Gasteiger partial charge in [0.2, 0.25) is 0 Å². The molecule has 12 bridgehead atoms. The fourth-order valence-electron chi connectivity index (χ4n) is 32.6. The Morgan fingerprint density at radius 3 is 0.710 bits per heavy atom. The zero-order chi connectivity index (χ0) is 95.4. The first kappa shape index (κ1) is 86.5. The van der Waals surface area contributed by atoms with Crippen LogP contribution in [-0.2, 0) is 16.2 Å². The molecule has 0 saturated heterocycles. The van der Waals surface area contributed by atoms with Crippen LogP contribution >= 0.6 is 0 Å². The fourth-order valence-corrected chi connectivity index (χ4v) is 32.6. The molecule has 0 atom stereocenters. The summed E-state index contributed by atoms with van der Waals surface area (Å²) in [6.45, 7) is 0. The molecule has 12 saturated carbocycles. The molecule has 3 spiro atoms. The van der Waals surface area contributed by atoms with Crippen molar-refractivity contribution in [3.8, 4) is 100 Å². The lowest BCUT2D eigenvalue weighted by Gasteiger charge is -2.61. The highest BCUT2D eigenvalue weighted by Gasteiger charge is 2.65. The Hall–Kier alpha value is -15.2. The van der Waals surface area contributed by atoms with E-state index in [4.69, 9.17) is 0 Å². The number of benzene rings is 19. The maximum atomic E-state index is 2.61. The van der Waals surface area contributed by atoms with Crippen LogP contribution in [0.25, 0.3) is 111 Å². The van der Waals surface area contributed by atoms with E-state index in [9.17, 15) is 0 Å². The second kappa shape index (κ2) is 35.1. The van der Waals surface area contributed by atoms with Gasteiger partial charge in [-0.25, -0.2) is 0 Å². The summed E-state index contributed by atoms with van der Waals surface area (Å²) in [7, 11) is 0. The van der Waals surface area contributed by atoms with Crippen LogP contribution in [0.15, 0.2) is 467 Å². The van der Waals surface area contributed by atoms with Gasteiger partial charge in [-0.3, -0.25) is 0 Å². The van der Waals surface area contributed by atoms with Crippen LogP contribution in [0.5, 0.6) is 0 Å². The summed E-state index contributed by atoms with van der Waals surface area (Å²) >= 11 is 0. The molecular formula is C142H119N3. The van der Waals surface area contributed by atoms with Crippen molar-refractivity contribution in [2.45, 2.75) is 113 Å². The molecular weight excluding hydrogens is 1750 g/mol. The highest BCUT2D eigenvalue weighted by atomic mass is 15.2. The van der Waals surface area contributed by atoms with Gasteiger partial charge in [-0.1, -0.05) is 346 Å². The van der Waals surface area contributed by atoms with E-state index in [-0.39, 0.29) is 16.2 Å². The largest absolute Gasteiger partial charge is 0.311 e. The Labute approximate surface area is 854 Å². The average Bonchev–Trinajstić information content (AvgIpc) is 1.54. The van der Waals surface area contributed by atoms with E-state index < -0.39 is 0 Å². The van der Waals surface area contributed by atoms with E-state index in [0.717, 1.165) is 99.5 Å². The second-order valence-corrected chi connectivity index (χ2v) is 45.0. The van der Waals surface area contributed by atoms with Crippen LogP contribution in [0.1, 0.15) is 130 Å². The van der Waals surface area contributed by atoms with Gasteiger partial charge in [0, 0.05) is 67.4 Å². The predicted molar refractivity (Wildman–Crippen MR) is 603 cm³/mol. The number of fused-ring (bicyclic) bond motifs is 10. The zero-order valence-electron chi connectivity index (χ0n) is 82.3. The minimum atomic E-state index is 0.138. The van der Waals surface area contributed by atoms with Gasteiger partial charge in [0.15, 0.2) is 0 Å². The van der Waals surface area contributed by atoms with Crippen LogP contribution in [0.3, 0.4) is 0 Å². The Morgan fingerprint density at radius 1 is 0.131 bits per heavy atom. The third kappa shape index (κ3) is 14.3. The summed E-state index contributed by atoms with van der Waals surface area (Å²) in [5, 5.41) is 2.50. The molecule has 19 aromatic carbocycles. The molecule has 702 valence electrons. The summed E-state index contributed by atoms with van der Waals surface area (Å²) in [5.41, 5.74) is 44.9. The van der Waals surface area contributed by atoms with Crippen LogP contribution in [0.4, 0.5) is 51.2 Å². The molecule has 0 unspecified atom stereocenters. The molecule has 15 aliphatic carbocycles. The Morgan fingerprint density at radius 2 is 0.345 bits per heavy atom. The monoisotopic (exact) mass is 1870 g/mol. The van der Waals surface area contributed by atoms with E-state index in [1.807, 2.05) is 0 Å². The number of hydrogen-bond acceptors (Lipinski definition) is 3. The van der Waals surface area contributed by atoms with Crippen LogP contribution in [0.2, 0.25) is 0 Å².